The molecule has 0 atom stereocenters. The van der Waals surface area contributed by atoms with Crippen molar-refractivity contribution >= 4 is 0 Å². The Balaban J connectivity index is 4.03. The summed E-state index contributed by atoms with van der Waals surface area (Å²) in [7, 11) is 0. The van der Waals surface area contributed by atoms with Crippen molar-refractivity contribution in [3.8, 4) is 11.5 Å². The minimum atomic E-state index is -0.455. The van der Waals surface area contributed by atoms with Gasteiger partial charge in [0.25, 0.3) is 0 Å². The SMILES string of the molecule is CC(C)c1c(OOC(C)(C)C)c(OOC(C)(C)C)c(C(C)C)c(C(C)C)c1C(C)C. The zero-order valence-corrected chi connectivity index (χ0v) is 21.9. The Hall–Kier alpha value is -1.26. The van der Waals surface area contributed by atoms with Gasteiger partial charge in [0.1, 0.15) is 11.2 Å². The number of hydrogen-bond acceptors (Lipinski definition) is 4. The van der Waals surface area contributed by atoms with Crippen molar-refractivity contribution in [2.75, 3.05) is 0 Å². The van der Waals surface area contributed by atoms with E-state index in [1.807, 2.05) is 41.5 Å². The second-order valence-electron chi connectivity index (χ2n) is 11.5. The molecule has 0 amide bonds. The molecule has 4 nitrogen and oxygen atoms in total. The van der Waals surface area contributed by atoms with Gasteiger partial charge in [-0.2, -0.15) is 9.78 Å². The first-order valence-corrected chi connectivity index (χ1v) is 11.4. The minimum Gasteiger partial charge on any atom is -0.333 e. The van der Waals surface area contributed by atoms with Gasteiger partial charge in [-0.05, 0) is 76.3 Å². The van der Waals surface area contributed by atoms with Crippen molar-refractivity contribution in [2.45, 2.75) is 132 Å². The molecule has 0 saturated heterocycles. The first-order chi connectivity index (χ1) is 13.5. The Morgan fingerprint density at radius 2 is 0.667 bits per heavy atom. The average molecular weight is 423 g/mol. The summed E-state index contributed by atoms with van der Waals surface area (Å²) in [5, 5.41) is 0. The predicted molar refractivity (Wildman–Crippen MR) is 126 cm³/mol. The first-order valence-electron chi connectivity index (χ1n) is 11.4. The summed E-state index contributed by atoms with van der Waals surface area (Å²) in [6.45, 7) is 29.6. The van der Waals surface area contributed by atoms with E-state index in [9.17, 15) is 0 Å². The third-order valence-electron chi connectivity index (χ3n) is 4.63. The predicted octanol–water partition coefficient (Wildman–Crippen LogP) is 8.40. The highest BCUT2D eigenvalue weighted by Crippen LogP contribution is 2.51. The Bertz CT molecular complexity index is 640. The third kappa shape index (κ3) is 6.88. The molecule has 0 fully saturated rings. The third-order valence-corrected chi connectivity index (χ3v) is 4.63. The molecule has 1 aromatic rings. The lowest BCUT2D eigenvalue weighted by Gasteiger charge is -2.32. The molecule has 1 rings (SSSR count). The van der Waals surface area contributed by atoms with Crippen LogP contribution < -0.4 is 9.78 Å². The normalized spacial score (nSPS) is 13.1. The van der Waals surface area contributed by atoms with E-state index in [-0.39, 0.29) is 11.8 Å². The molecule has 0 radical (unpaired) electrons. The van der Waals surface area contributed by atoms with E-state index in [1.54, 1.807) is 0 Å². The standard InChI is InChI=1S/C26H46O4/c1-15(2)19-20(16(3)4)22(18(7)8)24(28-30-26(12,13)14)23(21(19)17(5)6)27-29-25(9,10)11/h15-18H,1-14H3. The minimum absolute atomic E-state index is 0.233. The van der Waals surface area contributed by atoms with Crippen LogP contribution in [0.2, 0.25) is 0 Å². The number of benzene rings is 1. The van der Waals surface area contributed by atoms with Gasteiger partial charge in [0.05, 0.1) is 0 Å². The molecular weight excluding hydrogens is 376 g/mol. The fourth-order valence-corrected chi connectivity index (χ4v) is 3.67. The van der Waals surface area contributed by atoms with Crippen molar-refractivity contribution in [1.29, 1.82) is 0 Å². The van der Waals surface area contributed by atoms with E-state index in [2.05, 4.69) is 55.4 Å². The van der Waals surface area contributed by atoms with Crippen LogP contribution in [0.4, 0.5) is 0 Å². The van der Waals surface area contributed by atoms with Crippen LogP contribution in [-0.4, -0.2) is 11.2 Å². The molecule has 0 saturated carbocycles. The van der Waals surface area contributed by atoms with Crippen molar-refractivity contribution in [1.82, 2.24) is 0 Å². The van der Waals surface area contributed by atoms with E-state index in [4.69, 9.17) is 19.6 Å². The van der Waals surface area contributed by atoms with Crippen LogP contribution in [0.3, 0.4) is 0 Å². The lowest BCUT2D eigenvalue weighted by Crippen LogP contribution is -2.25. The van der Waals surface area contributed by atoms with Crippen molar-refractivity contribution in [3.63, 3.8) is 0 Å². The van der Waals surface area contributed by atoms with Crippen LogP contribution in [0.15, 0.2) is 0 Å². The maximum atomic E-state index is 6.07. The van der Waals surface area contributed by atoms with Gasteiger partial charge in [0.15, 0.2) is 0 Å². The van der Waals surface area contributed by atoms with Gasteiger partial charge < -0.3 is 9.78 Å². The maximum absolute atomic E-state index is 6.07. The molecule has 0 aliphatic heterocycles. The van der Waals surface area contributed by atoms with Crippen LogP contribution in [0.1, 0.15) is 143 Å². The highest BCUT2D eigenvalue weighted by atomic mass is 17.2. The molecule has 0 spiro atoms. The zero-order chi connectivity index (χ0) is 23.6. The Morgan fingerprint density at radius 1 is 0.433 bits per heavy atom. The molecular formula is C26H46O4. The summed E-state index contributed by atoms with van der Waals surface area (Å²) in [6, 6.07) is 0. The summed E-state index contributed by atoms with van der Waals surface area (Å²) in [6.07, 6.45) is 0. The lowest BCUT2D eigenvalue weighted by atomic mass is 9.77. The summed E-state index contributed by atoms with van der Waals surface area (Å²) < 4.78 is 0. The largest absolute Gasteiger partial charge is 0.333 e. The van der Waals surface area contributed by atoms with Crippen molar-refractivity contribution < 1.29 is 19.6 Å². The molecule has 1 aromatic carbocycles. The van der Waals surface area contributed by atoms with Crippen LogP contribution in [-0.2, 0) is 9.78 Å². The molecule has 0 unspecified atom stereocenters. The highest BCUT2D eigenvalue weighted by Gasteiger charge is 2.33. The van der Waals surface area contributed by atoms with Crippen molar-refractivity contribution in [3.05, 3.63) is 22.3 Å². The molecule has 0 aromatic heterocycles. The van der Waals surface area contributed by atoms with E-state index in [0.717, 1.165) is 11.1 Å². The Labute approximate surface area is 185 Å². The molecule has 0 heterocycles. The monoisotopic (exact) mass is 422 g/mol. The molecule has 174 valence electrons. The molecule has 4 heteroatoms. The topological polar surface area (TPSA) is 36.9 Å². The lowest BCUT2D eigenvalue weighted by molar-refractivity contribution is -0.293. The van der Waals surface area contributed by atoms with E-state index in [0.29, 0.717) is 23.3 Å². The number of rotatable bonds is 8. The van der Waals surface area contributed by atoms with Crippen LogP contribution >= 0.6 is 0 Å². The van der Waals surface area contributed by atoms with Gasteiger partial charge in [0, 0.05) is 11.1 Å². The second-order valence-corrected chi connectivity index (χ2v) is 11.5. The van der Waals surface area contributed by atoms with Crippen LogP contribution in [0.25, 0.3) is 0 Å². The molecule has 0 aliphatic carbocycles. The quantitative estimate of drug-likeness (QED) is 0.311. The van der Waals surface area contributed by atoms with E-state index >= 15 is 0 Å². The smallest absolute Gasteiger partial charge is 0.215 e. The van der Waals surface area contributed by atoms with Crippen LogP contribution in [0.5, 0.6) is 11.5 Å². The van der Waals surface area contributed by atoms with Gasteiger partial charge >= 0.3 is 0 Å². The average Bonchev–Trinajstić information content (AvgIpc) is 2.54. The molecule has 0 bridgehead atoms. The second kappa shape index (κ2) is 9.91. The summed E-state index contributed by atoms with van der Waals surface area (Å²) in [5.41, 5.74) is 4.02. The van der Waals surface area contributed by atoms with Gasteiger partial charge in [-0.25, -0.2) is 0 Å². The summed E-state index contributed by atoms with van der Waals surface area (Å²) in [4.78, 5) is 23.8. The zero-order valence-electron chi connectivity index (χ0n) is 21.9. The van der Waals surface area contributed by atoms with Gasteiger partial charge in [-0.1, -0.05) is 55.4 Å². The van der Waals surface area contributed by atoms with Gasteiger partial charge in [0.2, 0.25) is 11.5 Å². The van der Waals surface area contributed by atoms with Crippen LogP contribution in [0, 0.1) is 0 Å². The fraction of sp³-hybridized carbons (Fsp3) is 0.769. The van der Waals surface area contributed by atoms with Gasteiger partial charge in [-0.15, -0.1) is 0 Å². The number of hydrogen-bond donors (Lipinski definition) is 0. The van der Waals surface area contributed by atoms with Gasteiger partial charge in [-0.3, -0.25) is 0 Å². The van der Waals surface area contributed by atoms with Crippen molar-refractivity contribution in [2.24, 2.45) is 0 Å². The molecule has 30 heavy (non-hydrogen) atoms. The van der Waals surface area contributed by atoms with E-state index in [1.165, 1.54) is 11.1 Å². The first kappa shape index (κ1) is 26.8. The fourth-order valence-electron chi connectivity index (χ4n) is 3.67. The summed E-state index contributed by atoms with van der Waals surface area (Å²) in [5.74, 6) is 2.43. The van der Waals surface area contributed by atoms with E-state index < -0.39 is 11.2 Å². The Morgan fingerprint density at radius 3 is 0.833 bits per heavy atom. The highest BCUT2D eigenvalue weighted by molar-refractivity contribution is 5.63. The molecule has 0 N–H and O–H groups in total. The molecule has 0 aliphatic rings. The Kier molecular flexibility index (Phi) is 8.84. The maximum Gasteiger partial charge on any atom is 0.215 e. The summed E-state index contributed by atoms with van der Waals surface area (Å²) >= 11 is 0.